The van der Waals surface area contributed by atoms with Gasteiger partial charge in [0.15, 0.2) is 0 Å². The topological polar surface area (TPSA) is 69.2 Å². The zero-order valence-electron chi connectivity index (χ0n) is 11.1. The molecule has 2 heterocycles. The number of hydrogen-bond donors (Lipinski definition) is 2. The van der Waals surface area contributed by atoms with E-state index in [1.807, 2.05) is 12.1 Å². The van der Waals surface area contributed by atoms with Gasteiger partial charge < -0.3 is 15.5 Å². The predicted molar refractivity (Wildman–Crippen MR) is 74.2 cm³/mol. The third-order valence-corrected chi connectivity index (χ3v) is 3.40. The number of aromatic nitrogens is 1. The minimum absolute atomic E-state index is 0.0673. The minimum atomic E-state index is 0.0673. The van der Waals surface area contributed by atoms with Crippen LogP contribution in [0.4, 0.5) is 5.82 Å². The van der Waals surface area contributed by atoms with Gasteiger partial charge in [0, 0.05) is 30.9 Å². The first-order chi connectivity index (χ1) is 8.58. The second-order valence-corrected chi connectivity index (χ2v) is 4.98. The molecule has 1 fully saturated rings. The van der Waals surface area contributed by atoms with Gasteiger partial charge in [-0.3, -0.25) is 5.41 Å². The Balaban J connectivity index is 2.16. The summed E-state index contributed by atoms with van der Waals surface area (Å²) in [6, 6.07) is 4.28. The summed E-state index contributed by atoms with van der Waals surface area (Å²) >= 11 is 0. The lowest BCUT2D eigenvalue weighted by atomic mass is 10.2. The highest BCUT2D eigenvalue weighted by Crippen LogP contribution is 2.17. The molecule has 98 valence electrons. The maximum absolute atomic E-state index is 7.37. The predicted octanol–water partition coefficient (Wildman–Crippen LogP) is 0.896. The van der Waals surface area contributed by atoms with Crippen LogP contribution in [0.2, 0.25) is 0 Å². The van der Waals surface area contributed by atoms with E-state index in [9.17, 15) is 0 Å². The van der Waals surface area contributed by atoms with E-state index in [0.717, 1.165) is 31.9 Å². The van der Waals surface area contributed by atoms with Crippen LogP contribution in [0.3, 0.4) is 0 Å². The lowest BCUT2D eigenvalue weighted by Gasteiger charge is -2.29. The largest absolute Gasteiger partial charge is 0.384 e. The fraction of sp³-hybridized carbons (Fsp3) is 0.538. The Labute approximate surface area is 108 Å². The number of amidine groups is 1. The minimum Gasteiger partial charge on any atom is -0.384 e. The summed E-state index contributed by atoms with van der Waals surface area (Å²) in [5, 5.41) is 7.37. The van der Waals surface area contributed by atoms with Gasteiger partial charge in [0.25, 0.3) is 0 Å². The van der Waals surface area contributed by atoms with Crippen LogP contribution < -0.4 is 10.6 Å². The van der Waals surface area contributed by atoms with Crippen LogP contribution in [0.25, 0.3) is 0 Å². The van der Waals surface area contributed by atoms with Crippen LogP contribution in [0.5, 0.6) is 0 Å². The van der Waals surface area contributed by atoms with Crippen LogP contribution >= 0.6 is 0 Å². The van der Waals surface area contributed by atoms with Crippen molar-refractivity contribution in [1.29, 1.82) is 5.41 Å². The number of rotatable bonds is 2. The van der Waals surface area contributed by atoms with Crippen LogP contribution in [0, 0.1) is 5.41 Å². The molecule has 0 aromatic carbocycles. The Hall–Kier alpha value is -1.62. The third kappa shape index (κ3) is 2.79. The van der Waals surface area contributed by atoms with Gasteiger partial charge in [-0.05, 0) is 39.1 Å². The number of nitrogens with zero attached hydrogens (tertiary/aromatic N) is 3. The Morgan fingerprint density at radius 1 is 1.44 bits per heavy atom. The SMILES string of the molecule is CC1CN(C)CCCN1c1ccc(C(=N)N)cn1. The number of nitrogens with two attached hydrogens (primary N) is 1. The van der Waals surface area contributed by atoms with E-state index in [2.05, 4.69) is 28.8 Å². The van der Waals surface area contributed by atoms with Gasteiger partial charge >= 0.3 is 0 Å². The fourth-order valence-corrected chi connectivity index (χ4v) is 2.43. The smallest absolute Gasteiger partial charge is 0.128 e. The molecule has 2 rings (SSSR count). The quantitative estimate of drug-likeness (QED) is 0.601. The molecule has 0 spiro atoms. The highest BCUT2D eigenvalue weighted by Gasteiger charge is 2.20. The van der Waals surface area contributed by atoms with Crippen molar-refractivity contribution in [3.8, 4) is 0 Å². The average molecular weight is 247 g/mol. The highest BCUT2D eigenvalue weighted by molar-refractivity contribution is 5.94. The maximum Gasteiger partial charge on any atom is 0.128 e. The molecular weight excluding hydrogens is 226 g/mol. The molecule has 5 nitrogen and oxygen atoms in total. The van der Waals surface area contributed by atoms with E-state index in [1.54, 1.807) is 6.20 Å². The first-order valence-electron chi connectivity index (χ1n) is 6.33. The van der Waals surface area contributed by atoms with Gasteiger partial charge in [0.05, 0.1) is 0 Å². The molecule has 1 unspecified atom stereocenters. The number of likely N-dealkylation sites (N-methyl/N-ethyl adjacent to an activating group) is 1. The van der Waals surface area contributed by atoms with Crippen molar-refractivity contribution in [2.24, 2.45) is 5.73 Å². The van der Waals surface area contributed by atoms with Gasteiger partial charge in [-0.25, -0.2) is 4.98 Å². The van der Waals surface area contributed by atoms with Gasteiger partial charge in [0.2, 0.25) is 0 Å². The summed E-state index contributed by atoms with van der Waals surface area (Å²) in [6.07, 6.45) is 2.83. The Kier molecular flexibility index (Phi) is 3.81. The van der Waals surface area contributed by atoms with Gasteiger partial charge in [-0.1, -0.05) is 0 Å². The van der Waals surface area contributed by atoms with Crippen LogP contribution in [-0.4, -0.2) is 48.4 Å². The zero-order valence-corrected chi connectivity index (χ0v) is 11.1. The summed E-state index contributed by atoms with van der Waals surface area (Å²) in [5.41, 5.74) is 6.11. The van der Waals surface area contributed by atoms with Crippen molar-refractivity contribution in [3.63, 3.8) is 0 Å². The lowest BCUT2D eigenvalue weighted by Crippen LogP contribution is -2.38. The summed E-state index contributed by atoms with van der Waals surface area (Å²) in [5.74, 6) is 1.04. The zero-order chi connectivity index (χ0) is 13.1. The van der Waals surface area contributed by atoms with E-state index in [1.165, 1.54) is 0 Å². The molecule has 0 saturated carbocycles. The molecule has 1 atom stereocenters. The van der Waals surface area contributed by atoms with Crippen molar-refractivity contribution in [2.75, 3.05) is 31.6 Å². The van der Waals surface area contributed by atoms with Crippen LogP contribution in [0.1, 0.15) is 18.9 Å². The molecule has 1 aromatic heterocycles. The maximum atomic E-state index is 7.37. The molecule has 3 N–H and O–H groups in total. The van der Waals surface area contributed by atoms with E-state index < -0.39 is 0 Å². The fourth-order valence-electron chi connectivity index (χ4n) is 2.43. The molecule has 1 saturated heterocycles. The highest BCUT2D eigenvalue weighted by atomic mass is 15.3. The number of anilines is 1. The van der Waals surface area contributed by atoms with Crippen LogP contribution in [-0.2, 0) is 0 Å². The number of nitrogen functional groups attached to an aromatic ring is 1. The van der Waals surface area contributed by atoms with Crippen molar-refractivity contribution in [3.05, 3.63) is 23.9 Å². The molecule has 18 heavy (non-hydrogen) atoms. The second kappa shape index (κ2) is 5.35. The summed E-state index contributed by atoms with van der Waals surface area (Å²) < 4.78 is 0. The Morgan fingerprint density at radius 3 is 2.83 bits per heavy atom. The number of nitrogens with one attached hydrogen (secondary N) is 1. The molecule has 5 heteroatoms. The molecule has 1 aliphatic rings. The van der Waals surface area contributed by atoms with Crippen molar-refractivity contribution < 1.29 is 0 Å². The van der Waals surface area contributed by atoms with E-state index >= 15 is 0 Å². The first-order valence-corrected chi connectivity index (χ1v) is 6.33. The summed E-state index contributed by atoms with van der Waals surface area (Å²) in [4.78, 5) is 9.11. The average Bonchev–Trinajstić information content (AvgIpc) is 2.50. The number of hydrogen-bond acceptors (Lipinski definition) is 4. The Morgan fingerprint density at radius 2 is 2.22 bits per heavy atom. The van der Waals surface area contributed by atoms with Gasteiger partial charge in [-0.15, -0.1) is 0 Å². The van der Waals surface area contributed by atoms with Crippen molar-refractivity contribution >= 4 is 11.7 Å². The lowest BCUT2D eigenvalue weighted by molar-refractivity contribution is 0.337. The normalized spacial score (nSPS) is 21.7. The van der Waals surface area contributed by atoms with E-state index in [4.69, 9.17) is 11.1 Å². The first kappa shape index (κ1) is 12.8. The van der Waals surface area contributed by atoms with Crippen LogP contribution in [0.15, 0.2) is 18.3 Å². The Bertz CT molecular complexity index is 414. The molecule has 0 amide bonds. The van der Waals surface area contributed by atoms with Crippen molar-refractivity contribution in [2.45, 2.75) is 19.4 Å². The third-order valence-electron chi connectivity index (χ3n) is 3.40. The standard InChI is InChI=1S/C13H21N5/c1-10-9-17(2)6-3-7-18(10)12-5-4-11(8-16-12)13(14)15/h4-5,8,10H,3,6-7,9H2,1-2H3,(H3,14,15). The molecular formula is C13H21N5. The monoisotopic (exact) mass is 247 g/mol. The molecule has 1 aromatic rings. The number of pyridine rings is 1. The van der Waals surface area contributed by atoms with Gasteiger partial charge in [-0.2, -0.15) is 0 Å². The molecule has 0 bridgehead atoms. The second-order valence-electron chi connectivity index (χ2n) is 4.98. The van der Waals surface area contributed by atoms with E-state index in [0.29, 0.717) is 11.6 Å². The molecule has 0 radical (unpaired) electrons. The molecule has 1 aliphatic heterocycles. The van der Waals surface area contributed by atoms with E-state index in [-0.39, 0.29) is 5.84 Å². The summed E-state index contributed by atoms with van der Waals surface area (Å²) in [7, 11) is 2.16. The van der Waals surface area contributed by atoms with Gasteiger partial charge in [0.1, 0.15) is 11.7 Å². The summed E-state index contributed by atoms with van der Waals surface area (Å²) in [6.45, 7) is 5.43. The molecule has 0 aliphatic carbocycles. The van der Waals surface area contributed by atoms with Crippen molar-refractivity contribution in [1.82, 2.24) is 9.88 Å².